The molecule has 0 unspecified atom stereocenters. The number of hydrogen-bond donors (Lipinski definition) is 1. The normalized spacial score (nSPS) is 14.3. The second-order valence-electron chi connectivity index (χ2n) is 8.67. The van der Waals surface area contributed by atoms with Crippen LogP contribution >= 0.6 is 0 Å². The Morgan fingerprint density at radius 1 is 0.969 bits per heavy atom. The first kappa shape index (κ1) is 21.7. The van der Waals surface area contributed by atoms with Crippen molar-refractivity contribution in [2.24, 2.45) is 5.92 Å². The van der Waals surface area contributed by atoms with Gasteiger partial charge in [-0.3, -0.25) is 10.1 Å². The standard InChI is InChI=1S/C26H29N3O3/c1-19(2)13-14-20-17-23(25(30)24(18-20)29(31)32)26-27(21-9-5-3-6-10-21)15-16-28(26)22-11-7-4-8-12-22/h3-12,17-19,26,30H,13-16H2,1-2H3. The minimum atomic E-state index is -0.480. The zero-order chi connectivity index (χ0) is 22.7. The Balaban J connectivity index is 1.85. The van der Waals surface area contributed by atoms with Crippen molar-refractivity contribution >= 4 is 17.1 Å². The summed E-state index contributed by atoms with van der Waals surface area (Å²) in [5, 5.41) is 22.9. The summed E-state index contributed by atoms with van der Waals surface area (Å²) in [7, 11) is 0. The maximum atomic E-state index is 11.8. The molecule has 0 spiro atoms. The molecule has 0 saturated carbocycles. The van der Waals surface area contributed by atoms with Gasteiger partial charge in [0.15, 0.2) is 0 Å². The third kappa shape index (κ3) is 4.40. The van der Waals surface area contributed by atoms with Crippen LogP contribution in [0.15, 0.2) is 72.8 Å². The van der Waals surface area contributed by atoms with E-state index in [0.29, 0.717) is 11.5 Å². The number of nitro benzene ring substituents is 1. The molecule has 1 N–H and O–H groups in total. The van der Waals surface area contributed by atoms with Crippen LogP contribution in [0.25, 0.3) is 0 Å². The molecule has 1 aliphatic heterocycles. The predicted octanol–water partition coefficient (Wildman–Crippen LogP) is 5.91. The number of aromatic hydroxyl groups is 1. The number of hydrogen-bond acceptors (Lipinski definition) is 5. The van der Waals surface area contributed by atoms with Crippen molar-refractivity contribution in [3.8, 4) is 5.75 Å². The number of benzene rings is 3. The molecule has 0 aliphatic carbocycles. The SMILES string of the molecule is CC(C)CCc1cc(C2N(c3ccccc3)CCN2c2ccccc2)c(O)c([N+](=O)[O-])c1. The highest BCUT2D eigenvalue weighted by molar-refractivity contribution is 5.64. The van der Waals surface area contributed by atoms with Crippen LogP contribution in [0.1, 0.15) is 37.6 Å². The zero-order valence-corrected chi connectivity index (χ0v) is 18.5. The summed E-state index contributed by atoms with van der Waals surface area (Å²) < 4.78 is 0. The molecule has 4 rings (SSSR count). The summed E-state index contributed by atoms with van der Waals surface area (Å²) in [6.45, 7) is 5.77. The number of para-hydroxylation sites is 2. The second kappa shape index (κ2) is 9.30. The molecule has 166 valence electrons. The molecule has 1 heterocycles. The number of aryl methyl sites for hydroxylation is 1. The van der Waals surface area contributed by atoms with Gasteiger partial charge in [-0.1, -0.05) is 50.2 Å². The van der Waals surface area contributed by atoms with E-state index in [1.54, 1.807) is 0 Å². The Morgan fingerprint density at radius 3 is 1.97 bits per heavy atom. The fourth-order valence-electron chi connectivity index (χ4n) is 4.38. The van der Waals surface area contributed by atoms with Crippen LogP contribution in [-0.4, -0.2) is 23.1 Å². The summed E-state index contributed by atoms with van der Waals surface area (Å²) in [6, 6.07) is 23.5. The van der Waals surface area contributed by atoms with E-state index in [1.165, 1.54) is 6.07 Å². The second-order valence-corrected chi connectivity index (χ2v) is 8.67. The highest BCUT2D eigenvalue weighted by Gasteiger charge is 2.37. The van der Waals surface area contributed by atoms with E-state index < -0.39 is 4.92 Å². The molecule has 6 heteroatoms. The molecule has 1 aliphatic rings. The number of anilines is 2. The molecule has 1 saturated heterocycles. The van der Waals surface area contributed by atoms with Crippen molar-refractivity contribution < 1.29 is 10.0 Å². The number of phenols is 1. The van der Waals surface area contributed by atoms with Crippen molar-refractivity contribution in [1.82, 2.24) is 0 Å². The van der Waals surface area contributed by atoms with Crippen molar-refractivity contribution in [2.45, 2.75) is 32.9 Å². The van der Waals surface area contributed by atoms with Gasteiger partial charge in [-0.2, -0.15) is 0 Å². The van der Waals surface area contributed by atoms with Crippen LogP contribution in [0, 0.1) is 16.0 Å². The van der Waals surface area contributed by atoms with Crippen LogP contribution in [0.3, 0.4) is 0 Å². The van der Waals surface area contributed by atoms with Crippen molar-refractivity contribution in [2.75, 3.05) is 22.9 Å². The Kier molecular flexibility index (Phi) is 6.30. The van der Waals surface area contributed by atoms with E-state index in [2.05, 4.69) is 23.6 Å². The molecule has 3 aromatic rings. The van der Waals surface area contributed by atoms with Gasteiger partial charge in [0.2, 0.25) is 5.75 Å². The number of nitro groups is 1. The highest BCUT2D eigenvalue weighted by atomic mass is 16.6. The smallest absolute Gasteiger partial charge is 0.311 e. The van der Waals surface area contributed by atoms with Gasteiger partial charge in [0, 0.05) is 36.1 Å². The van der Waals surface area contributed by atoms with Gasteiger partial charge in [0.05, 0.1) is 4.92 Å². The summed E-state index contributed by atoms with van der Waals surface area (Å²) in [5.41, 5.74) is 3.26. The lowest BCUT2D eigenvalue weighted by Crippen LogP contribution is -2.31. The van der Waals surface area contributed by atoms with Gasteiger partial charge in [-0.15, -0.1) is 0 Å². The van der Waals surface area contributed by atoms with Crippen molar-refractivity contribution in [3.63, 3.8) is 0 Å². The van der Waals surface area contributed by atoms with Gasteiger partial charge in [-0.25, -0.2) is 0 Å². The monoisotopic (exact) mass is 431 g/mol. The maximum absolute atomic E-state index is 11.8. The lowest BCUT2D eigenvalue weighted by molar-refractivity contribution is -0.386. The molecule has 32 heavy (non-hydrogen) atoms. The average Bonchev–Trinajstić information content (AvgIpc) is 3.24. The van der Waals surface area contributed by atoms with Gasteiger partial charge < -0.3 is 14.9 Å². The zero-order valence-electron chi connectivity index (χ0n) is 18.5. The molecular formula is C26H29N3O3. The molecule has 0 aromatic heterocycles. The Labute approximate surface area is 188 Å². The summed E-state index contributed by atoms with van der Waals surface area (Å²) >= 11 is 0. The third-order valence-corrected chi connectivity index (χ3v) is 6.01. The first-order valence-corrected chi connectivity index (χ1v) is 11.1. The van der Waals surface area contributed by atoms with E-state index in [0.717, 1.165) is 42.9 Å². The fraction of sp³-hybridized carbons (Fsp3) is 0.308. The molecule has 0 atom stereocenters. The average molecular weight is 432 g/mol. The Bertz CT molecular complexity index is 1020. The van der Waals surface area contributed by atoms with Crippen LogP contribution in [0.4, 0.5) is 17.1 Å². The summed E-state index contributed by atoms with van der Waals surface area (Å²) in [5.74, 6) is 0.233. The lowest BCUT2D eigenvalue weighted by Gasteiger charge is -2.33. The maximum Gasteiger partial charge on any atom is 0.311 e. The van der Waals surface area contributed by atoms with E-state index in [-0.39, 0.29) is 17.6 Å². The van der Waals surface area contributed by atoms with Crippen LogP contribution in [-0.2, 0) is 6.42 Å². The van der Waals surface area contributed by atoms with Crippen LogP contribution < -0.4 is 9.80 Å². The van der Waals surface area contributed by atoms with Gasteiger partial charge in [-0.05, 0) is 54.7 Å². The highest BCUT2D eigenvalue weighted by Crippen LogP contribution is 2.44. The van der Waals surface area contributed by atoms with E-state index in [1.807, 2.05) is 66.7 Å². The van der Waals surface area contributed by atoms with Crippen LogP contribution in [0.5, 0.6) is 5.75 Å². The van der Waals surface area contributed by atoms with E-state index in [9.17, 15) is 15.2 Å². The van der Waals surface area contributed by atoms with Gasteiger partial charge in [0.25, 0.3) is 0 Å². The molecule has 0 amide bonds. The molecule has 1 fully saturated rings. The van der Waals surface area contributed by atoms with E-state index >= 15 is 0 Å². The van der Waals surface area contributed by atoms with Crippen LogP contribution in [0.2, 0.25) is 0 Å². The first-order valence-electron chi connectivity index (χ1n) is 11.1. The molecule has 0 bridgehead atoms. The van der Waals surface area contributed by atoms with Crippen molar-refractivity contribution in [3.05, 3.63) is 94.0 Å². The minimum absolute atomic E-state index is 0.228. The number of nitrogens with zero attached hydrogens (tertiary/aromatic N) is 3. The largest absolute Gasteiger partial charge is 0.502 e. The van der Waals surface area contributed by atoms with Gasteiger partial charge >= 0.3 is 5.69 Å². The number of phenolic OH excluding ortho intramolecular Hbond substituents is 1. The molecule has 3 aromatic carbocycles. The lowest BCUT2D eigenvalue weighted by atomic mass is 9.98. The quantitative estimate of drug-likeness (QED) is 0.372. The van der Waals surface area contributed by atoms with Gasteiger partial charge in [0.1, 0.15) is 6.17 Å². The molecule has 6 nitrogen and oxygen atoms in total. The Hall–Kier alpha value is -3.54. The van der Waals surface area contributed by atoms with E-state index in [4.69, 9.17) is 0 Å². The minimum Gasteiger partial charge on any atom is -0.502 e. The van der Waals surface area contributed by atoms with Crippen molar-refractivity contribution in [1.29, 1.82) is 0 Å². The number of rotatable bonds is 7. The first-order chi connectivity index (χ1) is 15.5. The third-order valence-electron chi connectivity index (χ3n) is 6.01. The predicted molar refractivity (Wildman–Crippen MR) is 128 cm³/mol. The fourth-order valence-corrected chi connectivity index (χ4v) is 4.38. The topological polar surface area (TPSA) is 69.8 Å². The summed E-state index contributed by atoms with van der Waals surface area (Å²) in [6.07, 6.45) is 1.31. The molecular weight excluding hydrogens is 402 g/mol. The molecule has 0 radical (unpaired) electrons. The Morgan fingerprint density at radius 2 is 1.50 bits per heavy atom. The summed E-state index contributed by atoms with van der Waals surface area (Å²) in [4.78, 5) is 15.7.